The van der Waals surface area contributed by atoms with E-state index in [4.69, 9.17) is 13.7 Å². The van der Waals surface area contributed by atoms with E-state index >= 15 is 0 Å². The van der Waals surface area contributed by atoms with Gasteiger partial charge in [-0.1, -0.05) is 0 Å². The van der Waals surface area contributed by atoms with Gasteiger partial charge in [0.15, 0.2) is 0 Å². The first-order valence-corrected chi connectivity index (χ1v) is 10.1. The number of esters is 1. The minimum atomic E-state index is -3.85. The SMILES string of the molecule is CCOC(=O)OCC(C)OC(=O)C(C)(C)COS(=O)(=O)CCCNC(C)=O. The number of carbonyl (C=O) groups is 3. The highest BCUT2D eigenvalue weighted by atomic mass is 32.2. The molecule has 0 aliphatic rings. The predicted octanol–water partition coefficient (Wildman–Crippen LogP) is 0.990. The standard InChI is InChI=1S/C16H29NO9S/c1-6-23-15(20)24-10-12(2)26-14(19)16(4,5)11-25-27(21,22)9-7-8-17-13(3)18/h12H,6-11H2,1-5H3,(H,17,18). The van der Waals surface area contributed by atoms with Gasteiger partial charge in [-0.25, -0.2) is 4.79 Å². The summed E-state index contributed by atoms with van der Waals surface area (Å²) in [5.74, 6) is -1.24. The number of rotatable bonds is 12. The molecular formula is C16H29NO9S. The third-order valence-corrected chi connectivity index (χ3v) is 4.37. The van der Waals surface area contributed by atoms with E-state index < -0.39 is 40.4 Å². The van der Waals surface area contributed by atoms with Gasteiger partial charge in [-0.3, -0.25) is 13.8 Å². The van der Waals surface area contributed by atoms with E-state index in [1.54, 1.807) is 6.92 Å². The van der Waals surface area contributed by atoms with E-state index in [0.717, 1.165) is 0 Å². The summed E-state index contributed by atoms with van der Waals surface area (Å²) in [5.41, 5.74) is -1.23. The molecule has 0 fully saturated rings. The molecule has 0 aliphatic heterocycles. The molecule has 0 aromatic rings. The molecule has 0 aromatic heterocycles. The lowest BCUT2D eigenvalue weighted by atomic mass is 9.95. The Balaban J connectivity index is 4.36. The molecule has 1 amide bonds. The van der Waals surface area contributed by atoms with Crippen LogP contribution in [0, 0.1) is 5.41 Å². The second-order valence-corrected chi connectivity index (χ2v) is 8.21. The summed E-state index contributed by atoms with van der Waals surface area (Å²) in [5, 5.41) is 2.48. The Morgan fingerprint density at radius 3 is 2.33 bits per heavy atom. The normalized spacial score (nSPS) is 12.8. The first-order chi connectivity index (χ1) is 12.4. The molecule has 0 bridgehead atoms. The van der Waals surface area contributed by atoms with Crippen molar-refractivity contribution in [3.63, 3.8) is 0 Å². The maximum absolute atomic E-state index is 12.2. The van der Waals surface area contributed by atoms with Crippen molar-refractivity contribution < 1.29 is 41.2 Å². The summed E-state index contributed by atoms with van der Waals surface area (Å²) in [6.07, 6.45) is -1.42. The fraction of sp³-hybridized carbons (Fsp3) is 0.812. The summed E-state index contributed by atoms with van der Waals surface area (Å²) in [6.45, 7) is 7.20. The third-order valence-electron chi connectivity index (χ3n) is 3.10. The van der Waals surface area contributed by atoms with Crippen LogP contribution in [0.4, 0.5) is 4.79 Å². The van der Waals surface area contributed by atoms with E-state index in [1.807, 2.05) is 0 Å². The highest BCUT2D eigenvalue weighted by Crippen LogP contribution is 2.20. The Morgan fingerprint density at radius 1 is 1.15 bits per heavy atom. The van der Waals surface area contributed by atoms with Crippen LogP contribution in [0.25, 0.3) is 0 Å². The molecule has 0 heterocycles. The summed E-state index contributed by atoms with van der Waals surface area (Å²) in [4.78, 5) is 34.0. The average molecular weight is 411 g/mol. The van der Waals surface area contributed by atoms with Gasteiger partial charge in [0.1, 0.15) is 12.7 Å². The highest BCUT2D eigenvalue weighted by molar-refractivity contribution is 7.86. The first-order valence-electron chi connectivity index (χ1n) is 8.51. The van der Waals surface area contributed by atoms with Crippen LogP contribution in [0.5, 0.6) is 0 Å². The van der Waals surface area contributed by atoms with Gasteiger partial charge in [-0.15, -0.1) is 0 Å². The summed E-state index contributed by atoms with van der Waals surface area (Å²) in [7, 11) is -3.85. The fourth-order valence-corrected chi connectivity index (χ4v) is 2.68. The van der Waals surface area contributed by atoms with Crippen molar-refractivity contribution in [3.8, 4) is 0 Å². The van der Waals surface area contributed by atoms with E-state index in [9.17, 15) is 22.8 Å². The van der Waals surface area contributed by atoms with Gasteiger partial charge in [0.25, 0.3) is 10.1 Å². The Bertz CT molecular complexity index is 601. The second kappa shape index (κ2) is 11.8. The number of hydrogen-bond acceptors (Lipinski definition) is 9. The van der Waals surface area contributed by atoms with Crippen LogP contribution >= 0.6 is 0 Å². The Hall–Kier alpha value is -1.88. The quantitative estimate of drug-likeness (QED) is 0.283. The van der Waals surface area contributed by atoms with Crippen LogP contribution < -0.4 is 5.32 Å². The molecule has 27 heavy (non-hydrogen) atoms. The Kier molecular flexibility index (Phi) is 10.9. The van der Waals surface area contributed by atoms with Gasteiger partial charge in [-0.05, 0) is 34.1 Å². The largest absolute Gasteiger partial charge is 0.508 e. The van der Waals surface area contributed by atoms with E-state index in [0.29, 0.717) is 0 Å². The molecular weight excluding hydrogens is 382 g/mol. The Morgan fingerprint density at radius 2 is 1.78 bits per heavy atom. The molecule has 0 saturated heterocycles. The van der Waals surface area contributed by atoms with Gasteiger partial charge in [0.2, 0.25) is 5.91 Å². The van der Waals surface area contributed by atoms with Crippen molar-refractivity contribution in [2.45, 2.75) is 47.1 Å². The first kappa shape index (κ1) is 25.1. The zero-order valence-electron chi connectivity index (χ0n) is 16.4. The minimum Gasteiger partial charge on any atom is -0.459 e. The molecule has 0 radical (unpaired) electrons. The number of amides is 1. The summed E-state index contributed by atoms with van der Waals surface area (Å²) >= 11 is 0. The van der Waals surface area contributed by atoms with Crippen molar-refractivity contribution in [2.24, 2.45) is 5.41 Å². The van der Waals surface area contributed by atoms with Crippen LogP contribution in [-0.4, -0.2) is 64.7 Å². The summed E-state index contributed by atoms with van der Waals surface area (Å²) < 4.78 is 43.1. The van der Waals surface area contributed by atoms with Crippen LogP contribution in [0.1, 0.15) is 41.0 Å². The van der Waals surface area contributed by atoms with E-state index in [-0.39, 0.29) is 37.8 Å². The minimum absolute atomic E-state index is 0.163. The number of carbonyl (C=O) groups excluding carboxylic acids is 3. The van der Waals surface area contributed by atoms with E-state index in [2.05, 4.69) is 10.1 Å². The van der Waals surface area contributed by atoms with Crippen LogP contribution in [0.2, 0.25) is 0 Å². The average Bonchev–Trinajstić information content (AvgIpc) is 2.55. The topological polar surface area (TPSA) is 134 Å². The lowest BCUT2D eigenvalue weighted by Gasteiger charge is -2.24. The number of ether oxygens (including phenoxy) is 3. The van der Waals surface area contributed by atoms with Crippen LogP contribution in [-0.2, 0) is 38.1 Å². The monoisotopic (exact) mass is 411 g/mol. The van der Waals surface area contributed by atoms with Crippen molar-refractivity contribution in [2.75, 3.05) is 32.1 Å². The molecule has 10 nitrogen and oxygen atoms in total. The zero-order chi connectivity index (χ0) is 21.1. The molecule has 0 spiro atoms. The lowest BCUT2D eigenvalue weighted by Crippen LogP contribution is -2.36. The molecule has 158 valence electrons. The zero-order valence-corrected chi connectivity index (χ0v) is 17.2. The lowest BCUT2D eigenvalue weighted by molar-refractivity contribution is -0.162. The summed E-state index contributed by atoms with van der Waals surface area (Å²) in [6, 6.07) is 0. The molecule has 1 unspecified atom stereocenters. The molecule has 11 heteroatoms. The maximum atomic E-state index is 12.2. The van der Waals surface area contributed by atoms with Crippen LogP contribution in [0.3, 0.4) is 0 Å². The van der Waals surface area contributed by atoms with Gasteiger partial charge in [0, 0.05) is 13.5 Å². The van der Waals surface area contributed by atoms with Crippen LogP contribution in [0.15, 0.2) is 0 Å². The number of hydrogen-bond donors (Lipinski definition) is 1. The molecule has 0 aromatic carbocycles. The van der Waals surface area contributed by atoms with E-state index in [1.165, 1.54) is 27.7 Å². The van der Waals surface area contributed by atoms with Gasteiger partial charge in [0.05, 0.1) is 24.4 Å². The maximum Gasteiger partial charge on any atom is 0.508 e. The highest BCUT2D eigenvalue weighted by Gasteiger charge is 2.33. The van der Waals surface area contributed by atoms with Gasteiger partial charge >= 0.3 is 12.1 Å². The molecule has 0 rings (SSSR count). The van der Waals surface area contributed by atoms with Gasteiger partial charge < -0.3 is 19.5 Å². The predicted molar refractivity (Wildman–Crippen MR) is 95.3 cm³/mol. The van der Waals surface area contributed by atoms with Crippen molar-refractivity contribution in [1.29, 1.82) is 0 Å². The fourth-order valence-electron chi connectivity index (χ4n) is 1.59. The number of nitrogens with one attached hydrogen (secondary N) is 1. The molecule has 0 aliphatic carbocycles. The molecule has 1 atom stereocenters. The molecule has 1 N–H and O–H groups in total. The van der Waals surface area contributed by atoms with Crippen molar-refractivity contribution in [3.05, 3.63) is 0 Å². The van der Waals surface area contributed by atoms with Gasteiger partial charge in [-0.2, -0.15) is 8.42 Å². The Labute approximate surface area is 160 Å². The smallest absolute Gasteiger partial charge is 0.459 e. The van der Waals surface area contributed by atoms with Crippen molar-refractivity contribution in [1.82, 2.24) is 5.32 Å². The van der Waals surface area contributed by atoms with Crippen molar-refractivity contribution >= 4 is 28.1 Å². The second-order valence-electron chi connectivity index (χ2n) is 6.45. The molecule has 0 saturated carbocycles. The third kappa shape index (κ3) is 12.2.